The maximum atomic E-state index is 14.2. The van der Waals surface area contributed by atoms with Gasteiger partial charge in [-0.3, -0.25) is 9.59 Å². The molecule has 0 saturated heterocycles. The molecule has 0 bridgehead atoms. The van der Waals surface area contributed by atoms with E-state index >= 15 is 0 Å². The molecule has 3 nitrogen and oxygen atoms in total. The molecule has 0 aromatic rings. The Balaban J connectivity index is 1.60. The first kappa shape index (κ1) is 27.2. The highest BCUT2D eigenvalue weighted by Crippen LogP contribution is 2.74. The maximum Gasteiger partial charge on any atom is 0.302 e. The summed E-state index contributed by atoms with van der Waals surface area (Å²) >= 11 is 0. The number of ketones is 1. The highest BCUT2D eigenvalue weighted by atomic mass is 16.5. The largest absolute Gasteiger partial charge is 0.462 e. The standard InChI is InChI=1S/C32H54O3/c1-20(2)11-10-12-21(3)23-15-18-31(8)24-13-14-26-29(5,6)27(35-22(4)33)16-17-30(26,7)28(24)25(34)19-32(23,31)9/h20-21,23-24,26-28H,10-19H2,1-9H3/t21-,23+,24-,26+,27?,28-,30+,31-,32+/m1/s1. The van der Waals surface area contributed by atoms with Crippen LogP contribution in [0, 0.1) is 57.2 Å². The summed E-state index contributed by atoms with van der Waals surface area (Å²) in [5, 5.41) is 0. The molecule has 35 heavy (non-hydrogen) atoms. The van der Waals surface area contributed by atoms with E-state index in [0.29, 0.717) is 29.5 Å². The van der Waals surface area contributed by atoms with E-state index < -0.39 is 0 Å². The third-order valence-electron chi connectivity index (χ3n) is 12.6. The van der Waals surface area contributed by atoms with Crippen LogP contribution in [0.4, 0.5) is 0 Å². The molecule has 4 fully saturated rings. The predicted molar refractivity (Wildman–Crippen MR) is 143 cm³/mol. The monoisotopic (exact) mass is 486 g/mol. The molecule has 200 valence electrons. The number of carbonyl (C=O) groups excluding carboxylic acids is 2. The summed E-state index contributed by atoms with van der Waals surface area (Å²) in [6.45, 7) is 20.8. The maximum absolute atomic E-state index is 14.2. The molecule has 0 amide bonds. The van der Waals surface area contributed by atoms with Gasteiger partial charge < -0.3 is 4.74 Å². The van der Waals surface area contributed by atoms with Crippen LogP contribution in [0.3, 0.4) is 0 Å². The zero-order valence-corrected chi connectivity index (χ0v) is 24.3. The van der Waals surface area contributed by atoms with Gasteiger partial charge in [0.15, 0.2) is 0 Å². The third kappa shape index (κ3) is 4.14. The summed E-state index contributed by atoms with van der Waals surface area (Å²) in [6, 6.07) is 0. The van der Waals surface area contributed by atoms with Gasteiger partial charge in [-0.25, -0.2) is 0 Å². The van der Waals surface area contributed by atoms with Crippen molar-refractivity contribution in [2.24, 2.45) is 57.2 Å². The Bertz CT molecular complexity index is 829. The van der Waals surface area contributed by atoms with Crippen molar-refractivity contribution >= 4 is 11.8 Å². The number of rotatable bonds is 6. The van der Waals surface area contributed by atoms with Gasteiger partial charge >= 0.3 is 5.97 Å². The fourth-order valence-corrected chi connectivity index (χ4v) is 10.7. The fraction of sp³-hybridized carbons (Fsp3) is 0.938. The average Bonchev–Trinajstić information content (AvgIpc) is 3.00. The SMILES string of the molecule is CC(=O)OC1CC[C@]2(C)[C@H]3C(=O)C[C@@]4(C)[C@H]([C@H](C)CCCC(C)C)CC[C@]4(C)[C@@H]3CC[C@H]2C1(C)C. The molecular weight excluding hydrogens is 432 g/mol. The zero-order valence-electron chi connectivity index (χ0n) is 24.3. The van der Waals surface area contributed by atoms with Crippen molar-refractivity contribution < 1.29 is 14.3 Å². The van der Waals surface area contributed by atoms with Gasteiger partial charge in [-0.05, 0) is 84.4 Å². The van der Waals surface area contributed by atoms with Crippen LogP contribution < -0.4 is 0 Å². The van der Waals surface area contributed by atoms with E-state index in [1.165, 1.54) is 39.0 Å². The molecule has 0 radical (unpaired) electrons. The second-order valence-corrected chi connectivity index (χ2v) is 15.1. The van der Waals surface area contributed by atoms with Crippen LogP contribution >= 0.6 is 0 Å². The molecule has 4 aliphatic carbocycles. The number of ether oxygens (including phenoxy) is 1. The van der Waals surface area contributed by atoms with Crippen molar-refractivity contribution in [2.45, 2.75) is 133 Å². The lowest BCUT2D eigenvalue weighted by molar-refractivity contribution is -0.207. The molecule has 0 spiro atoms. The summed E-state index contributed by atoms with van der Waals surface area (Å²) in [5.41, 5.74) is 0.323. The Morgan fingerprint density at radius 2 is 1.63 bits per heavy atom. The first-order chi connectivity index (χ1) is 16.2. The lowest BCUT2D eigenvalue weighted by Crippen LogP contribution is -2.64. The molecule has 0 N–H and O–H groups in total. The highest BCUT2D eigenvalue weighted by molar-refractivity contribution is 5.84. The molecular formula is C32H54O3. The molecule has 1 unspecified atom stereocenters. The second-order valence-electron chi connectivity index (χ2n) is 15.1. The Labute approximate surface area is 215 Å². The topological polar surface area (TPSA) is 43.4 Å². The number of hydrogen-bond donors (Lipinski definition) is 0. The smallest absolute Gasteiger partial charge is 0.302 e. The number of Topliss-reactive ketones (excluding diaryl/α,β-unsaturated/α-hetero) is 1. The van der Waals surface area contributed by atoms with Gasteiger partial charge in [-0.2, -0.15) is 0 Å². The van der Waals surface area contributed by atoms with Crippen molar-refractivity contribution in [3.63, 3.8) is 0 Å². The number of hydrogen-bond acceptors (Lipinski definition) is 3. The molecule has 9 atom stereocenters. The van der Waals surface area contributed by atoms with Gasteiger partial charge in [0.2, 0.25) is 0 Å². The molecule has 4 rings (SSSR count). The summed E-state index contributed by atoms with van der Waals surface area (Å²) < 4.78 is 5.83. The Morgan fingerprint density at radius 3 is 2.26 bits per heavy atom. The Hall–Kier alpha value is -0.860. The van der Waals surface area contributed by atoms with Gasteiger partial charge in [0.25, 0.3) is 0 Å². The number of fused-ring (bicyclic) bond motifs is 5. The predicted octanol–water partition coefficient (Wildman–Crippen LogP) is 8.24. The lowest BCUT2D eigenvalue weighted by Gasteiger charge is -2.66. The lowest BCUT2D eigenvalue weighted by atomic mass is 9.37. The molecule has 0 aromatic carbocycles. The van der Waals surface area contributed by atoms with Gasteiger partial charge in [0.1, 0.15) is 11.9 Å². The highest BCUT2D eigenvalue weighted by Gasteiger charge is 2.70. The van der Waals surface area contributed by atoms with Crippen LogP contribution in [0.15, 0.2) is 0 Å². The molecule has 0 heterocycles. The molecule has 4 aliphatic rings. The van der Waals surface area contributed by atoms with Crippen molar-refractivity contribution in [3.05, 3.63) is 0 Å². The van der Waals surface area contributed by atoms with E-state index in [9.17, 15) is 9.59 Å². The Morgan fingerprint density at radius 1 is 0.943 bits per heavy atom. The average molecular weight is 487 g/mol. The molecule has 4 saturated carbocycles. The van der Waals surface area contributed by atoms with Crippen molar-refractivity contribution in [1.29, 1.82) is 0 Å². The first-order valence-corrected chi connectivity index (χ1v) is 14.9. The minimum atomic E-state index is -0.170. The van der Waals surface area contributed by atoms with E-state index in [0.717, 1.165) is 38.0 Å². The van der Waals surface area contributed by atoms with Crippen LogP contribution in [0.5, 0.6) is 0 Å². The van der Waals surface area contributed by atoms with Crippen molar-refractivity contribution in [1.82, 2.24) is 0 Å². The number of carbonyl (C=O) groups is 2. The minimum Gasteiger partial charge on any atom is -0.462 e. The van der Waals surface area contributed by atoms with Crippen molar-refractivity contribution in [3.8, 4) is 0 Å². The van der Waals surface area contributed by atoms with Gasteiger partial charge in [-0.15, -0.1) is 0 Å². The van der Waals surface area contributed by atoms with E-state index in [1.807, 2.05) is 0 Å². The van der Waals surface area contributed by atoms with Crippen LogP contribution in [0.25, 0.3) is 0 Å². The van der Waals surface area contributed by atoms with Crippen LogP contribution in [0.2, 0.25) is 0 Å². The summed E-state index contributed by atoms with van der Waals surface area (Å²) in [6.07, 6.45) is 11.5. The number of esters is 1. The van der Waals surface area contributed by atoms with Crippen LogP contribution in [0.1, 0.15) is 127 Å². The first-order valence-electron chi connectivity index (χ1n) is 14.9. The Kier molecular flexibility index (Phi) is 7.11. The summed E-state index contributed by atoms with van der Waals surface area (Å²) in [4.78, 5) is 26.1. The van der Waals surface area contributed by atoms with Crippen LogP contribution in [-0.2, 0) is 14.3 Å². The molecule has 0 aromatic heterocycles. The normalized spacial score (nSPS) is 45.4. The van der Waals surface area contributed by atoms with E-state index in [4.69, 9.17) is 4.74 Å². The van der Waals surface area contributed by atoms with E-state index in [2.05, 4.69) is 55.4 Å². The second kappa shape index (κ2) is 9.16. The molecule has 3 heteroatoms. The van der Waals surface area contributed by atoms with Crippen molar-refractivity contribution in [2.75, 3.05) is 0 Å². The summed E-state index contributed by atoms with van der Waals surface area (Å²) in [5.74, 6) is 3.65. The van der Waals surface area contributed by atoms with E-state index in [1.54, 1.807) is 0 Å². The van der Waals surface area contributed by atoms with Gasteiger partial charge in [0.05, 0.1) is 0 Å². The third-order valence-corrected chi connectivity index (χ3v) is 12.6. The molecule has 0 aliphatic heterocycles. The minimum absolute atomic E-state index is 0.0193. The quantitative estimate of drug-likeness (QED) is 0.355. The van der Waals surface area contributed by atoms with E-state index in [-0.39, 0.29) is 39.7 Å². The summed E-state index contributed by atoms with van der Waals surface area (Å²) in [7, 11) is 0. The van der Waals surface area contributed by atoms with Gasteiger partial charge in [-0.1, -0.05) is 74.7 Å². The van der Waals surface area contributed by atoms with Crippen LogP contribution in [-0.4, -0.2) is 17.9 Å². The van der Waals surface area contributed by atoms with Gasteiger partial charge in [0, 0.05) is 24.7 Å². The fourth-order valence-electron chi connectivity index (χ4n) is 10.7. The zero-order chi connectivity index (χ0) is 26.0.